The molecule has 26 heavy (non-hydrogen) atoms. The van der Waals surface area contributed by atoms with Gasteiger partial charge in [-0.1, -0.05) is 13.0 Å². The first kappa shape index (κ1) is 18.4. The standard InChI is InChI=1S/C21H19IN2O2/c1-3-16-9-12-20(14(2)23-16)21(25)24-17-7-10-18(11-8-17)26-19-6-4-5-15(22)13-19/h4-13H,3H2,1-2H3,(H,24,25). The minimum atomic E-state index is -0.163. The molecule has 3 aromatic rings. The third-order valence-electron chi connectivity index (χ3n) is 3.89. The maximum absolute atomic E-state index is 12.5. The number of carbonyl (C=O) groups is 1. The van der Waals surface area contributed by atoms with Gasteiger partial charge in [-0.05, 0) is 90.5 Å². The Morgan fingerprint density at radius 2 is 1.85 bits per heavy atom. The molecule has 0 saturated carbocycles. The summed E-state index contributed by atoms with van der Waals surface area (Å²) < 4.78 is 6.93. The van der Waals surface area contributed by atoms with Crippen LogP contribution in [0.25, 0.3) is 0 Å². The second kappa shape index (κ2) is 8.31. The van der Waals surface area contributed by atoms with Crippen molar-refractivity contribution < 1.29 is 9.53 Å². The van der Waals surface area contributed by atoms with E-state index < -0.39 is 0 Å². The van der Waals surface area contributed by atoms with Crippen LogP contribution in [0.1, 0.15) is 28.7 Å². The van der Waals surface area contributed by atoms with Crippen molar-refractivity contribution in [3.8, 4) is 11.5 Å². The molecule has 0 fully saturated rings. The van der Waals surface area contributed by atoms with Crippen molar-refractivity contribution in [3.63, 3.8) is 0 Å². The summed E-state index contributed by atoms with van der Waals surface area (Å²) in [5.41, 5.74) is 3.02. The molecule has 1 aromatic heterocycles. The summed E-state index contributed by atoms with van der Waals surface area (Å²) in [4.78, 5) is 16.9. The average Bonchev–Trinajstić information content (AvgIpc) is 2.63. The lowest BCUT2D eigenvalue weighted by molar-refractivity contribution is 0.102. The van der Waals surface area contributed by atoms with E-state index in [1.807, 2.05) is 74.5 Å². The van der Waals surface area contributed by atoms with Crippen LogP contribution >= 0.6 is 22.6 Å². The number of carbonyl (C=O) groups excluding carboxylic acids is 1. The number of nitrogens with zero attached hydrogens (tertiary/aromatic N) is 1. The van der Waals surface area contributed by atoms with E-state index in [-0.39, 0.29) is 5.91 Å². The summed E-state index contributed by atoms with van der Waals surface area (Å²) in [6, 6.07) is 18.9. The van der Waals surface area contributed by atoms with Gasteiger partial charge in [0.05, 0.1) is 11.3 Å². The van der Waals surface area contributed by atoms with Gasteiger partial charge in [-0.2, -0.15) is 0 Å². The fourth-order valence-electron chi connectivity index (χ4n) is 2.52. The molecule has 5 heteroatoms. The maximum Gasteiger partial charge on any atom is 0.257 e. The van der Waals surface area contributed by atoms with E-state index in [0.717, 1.165) is 32.9 Å². The SMILES string of the molecule is CCc1ccc(C(=O)Nc2ccc(Oc3cccc(I)c3)cc2)c(C)n1. The molecule has 0 radical (unpaired) electrons. The molecule has 0 unspecified atom stereocenters. The summed E-state index contributed by atoms with van der Waals surface area (Å²) in [5.74, 6) is 1.34. The molecule has 1 N–H and O–H groups in total. The number of aryl methyl sites for hydroxylation is 2. The fourth-order valence-corrected chi connectivity index (χ4v) is 3.04. The van der Waals surface area contributed by atoms with Crippen molar-refractivity contribution in [2.75, 3.05) is 5.32 Å². The first-order valence-corrected chi connectivity index (χ1v) is 9.44. The molecular formula is C21H19IN2O2. The van der Waals surface area contributed by atoms with E-state index in [2.05, 4.69) is 32.9 Å². The van der Waals surface area contributed by atoms with Crippen molar-refractivity contribution in [1.82, 2.24) is 4.98 Å². The van der Waals surface area contributed by atoms with Crippen LogP contribution in [0.3, 0.4) is 0 Å². The molecule has 1 heterocycles. The Bertz CT molecular complexity index is 924. The number of pyridine rings is 1. The van der Waals surface area contributed by atoms with Crippen LogP contribution in [0.15, 0.2) is 60.7 Å². The minimum absolute atomic E-state index is 0.163. The number of nitrogens with one attached hydrogen (secondary N) is 1. The largest absolute Gasteiger partial charge is 0.457 e. The van der Waals surface area contributed by atoms with Gasteiger partial charge in [0.2, 0.25) is 0 Å². The van der Waals surface area contributed by atoms with Crippen molar-refractivity contribution in [1.29, 1.82) is 0 Å². The molecule has 0 spiro atoms. The van der Waals surface area contributed by atoms with Gasteiger partial charge in [0.15, 0.2) is 0 Å². The Morgan fingerprint density at radius 3 is 2.50 bits per heavy atom. The van der Waals surface area contributed by atoms with E-state index in [1.165, 1.54) is 0 Å². The van der Waals surface area contributed by atoms with Crippen LogP contribution in [-0.4, -0.2) is 10.9 Å². The first-order chi connectivity index (χ1) is 12.5. The average molecular weight is 458 g/mol. The molecule has 0 aliphatic carbocycles. The number of halogens is 1. The topological polar surface area (TPSA) is 51.2 Å². The predicted molar refractivity (Wildman–Crippen MR) is 112 cm³/mol. The molecule has 4 nitrogen and oxygen atoms in total. The maximum atomic E-state index is 12.5. The fraction of sp³-hybridized carbons (Fsp3) is 0.143. The number of hydrogen-bond acceptors (Lipinski definition) is 3. The number of anilines is 1. The van der Waals surface area contributed by atoms with Crippen molar-refractivity contribution in [2.45, 2.75) is 20.3 Å². The van der Waals surface area contributed by atoms with E-state index in [4.69, 9.17) is 4.74 Å². The lowest BCUT2D eigenvalue weighted by atomic mass is 10.1. The zero-order valence-corrected chi connectivity index (χ0v) is 16.8. The van der Waals surface area contributed by atoms with E-state index >= 15 is 0 Å². The van der Waals surface area contributed by atoms with Crippen LogP contribution in [0, 0.1) is 10.5 Å². The summed E-state index contributed by atoms with van der Waals surface area (Å²) in [7, 11) is 0. The van der Waals surface area contributed by atoms with Gasteiger partial charge in [-0.25, -0.2) is 0 Å². The number of ether oxygens (including phenoxy) is 1. The number of rotatable bonds is 5. The highest BCUT2D eigenvalue weighted by Crippen LogP contribution is 2.24. The Morgan fingerprint density at radius 1 is 1.08 bits per heavy atom. The normalized spacial score (nSPS) is 10.4. The molecule has 0 saturated heterocycles. The van der Waals surface area contributed by atoms with Gasteiger partial charge in [0, 0.05) is 15.0 Å². The highest BCUT2D eigenvalue weighted by atomic mass is 127. The van der Waals surface area contributed by atoms with Gasteiger partial charge in [-0.3, -0.25) is 9.78 Å². The van der Waals surface area contributed by atoms with Crippen molar-refractivity contribution in [3.05, 3.63) is 81.2 Å². The van der Waals surface area contributed by atoms with Gasteiger partial charge in [-0.15, -0.1) is 0 Å². The summed E-state index contributed by atoms with van der Waals surface area (Å²) in [5, 5.41) is 2.90. The Kier molecular flexibility index (Phi) is 5.88. The number of benzene rings is 2. The molecule has 1 amide bonds. The molecule has 0 aliphatic heterocycles. The molecule has 0 bridgehead atoms. The third kappa shape index (κ3) is 4.60. The van der Waals surface area contributed by atoms with Crippen LogP contribution < -0.4 is 10.1 Å². The van der Waals surface area contributed by atoms with E-state index in [1.54, 1.807) is 0 Å². The predicted octanol–water partition coefficient (Wildman–Crippen LogP) is 5.60. The van der Waals surface area contributed by atoms with E-state index in [9.17, 15) is 4.79 Å². The van der Waals surface area contributed by atoms with Crippen LogP contribution in [0.4, 0.5) is 5.69 Å². The first-order valence-electron chi connectivity index (χ1n) is 8.36. The van der Waals surface area contributed by atoms with Crippen molar-refractivity contribution in [2.24, 2.45) is 0 Å². The minimum Gasteiger partial charge on any atom is -0.457 e. The van der Waals surface area contributed by atoms with Crippen molar-refractivity contribution >= 4 is 34.2 Å². The van der Waals surface area contributed by atoms with Gasteiger partial charge < -0.3 is 10.1 Å². The third-order valence-corrected chi connectivity index (χ3v) is 4.57. The highest BCUT2D eigenvalue weighted by Gasteiger charge is 2.11. The van der Waals surface area contributed by atoms with Gasteiger partial charge >= 0.3 is 0 Å². The van der Waals surface area contributed by atoms with Gasteiger partial charge in [0.1, 0.15) is 11.5 Å². The second-order valence-corrected chi connectivity index (χ2v) is 7.07. The Hall–Kier alpha value is -2.41. The Labute approximate surface area is 166 Å². The van der Waals surface area contributed by atoms with E-state index in [0.29, 0.717) is 11.3 Å². The lowest BCUT2D eigenvalue weighted by Crippen LogP contribution is -2.14. The Balaban J connectivity index is 1.68. The van der Waals surface area contributed by atoms with Crippen LogP contribution in [0.5, 0.6) is 11.5 Å². The summed E-state index contributed by atoms with van der Waals surface area (Å²) in [6.45, 7) is 3.90. The van der Waals surface area contributed by atoms with Crippen LogP contribution in [0.2, 0.25) is 0 Å². The zero-order chi connectivity index (χ0) is 18.5. The zero-order valence-electron chi connectivity index (χ0n) is 14.6. The number of amides is 1. The lowest BCUT2D eigenvalue weighted by Gasteiger charge is -2.10. The molecule has 132 valence electrons. The monoisotopic (exact) mass is 458 g/mol. The molecule has 3 rings (SSSR count). The number of hydrogen-bond donors (Lipinski definition) is 1. The second-order valence-electron chi connectivity index (χ2n) is 5.83. The van der Waals surface area contributed by atoms with Gasteiger partial charge in [0.25, 0.3) is 5.91 Å². The molecule has 2 aromatic carbocycles. The molecular weight excluding hydrogens is 439 g/mol. The molecule has 0 atom stereocenters. The highest BCUT2D eigenvalue weighted by molar-refractivity contribution is 14.1. The quantitative estimate of drug-likeness (QED) is 0.507. The summed E-state index contributed by atoms with van der Waals surface area (Å²) >= 11 is 2.25. The summed E-state index contributed by atoms with van der Waals surface area (Å²) in [6.07, 6.45) is 0.852. The van der Waals surface area contributed by atoms with Crippen LogP contribution in [-0.2, 0) is 6.42 Å². The molecule has 0 aliphatic rings. The number of aromatic nitrogens is 1. The smallest absolute Gasteiger partial charge is 0.257 e.